The second kappa shape index (κ2) is 8.32. The normalized spacial score (nSPS) is 10.8. The fraction of sp³-hybridized carbons (Fsp3) is 0.267. The summed E-state index contributed by atoms with van der Waals surface area (Å²) in [6.45, 7) is 0.552. The number of thiazole rings is 1. The first kappa shape index (κ1) is 18.4. The molecule has 8 nitrogen and oxygen atoms in total. The third kappa shape index (κ3) is 4.82. The van der Waals surface area contributed by atoms with Gasteiger partial charge in [0.25, 0.3) is 5.19 Å². The van der Waals surface area contributed by atoms with Crippen LogP contribution in [0.25, 0.3) is 10.7 Å². The molecule has 0 saturated carbocycles. The number of nitrogens with one attached hydrogen (secondary N) is 1. The summed E-state index contributed by atoms with van der Waals surface area (Å²) in [7, 11) is 0. The molecule has 138 valence electrons. The van der Waals surface area contributed by atoms with Crippen molar-refractivity contribution in [3.63, 3.8) is 0 Å². The lowest BCUT2D eigenvalue weighted by atomic mass is 10.3. The van der Waals surface area contributed by atoms with Gasteiger partial charge >= 0.3 is 5.97 Å². The molecular formula is C15H14BrFN4O4S. The smallest absolute Gasteiger partial charge is 0.327 e. The lowest BCUT2D eigenvalue weighted by Gasteiger charge is -2.09. The van der Waals surface area contributed by atoms with Crippen molar-refractivity contribution in [2.24, 2.45) is 0 Å². The molecule has 0 spiro atoms. The second-order valence-corrected chi connectivity index (χ2v) is 6.97. The molecule has 2 N–H and O–H groups in total. The molecule has 1 aromatic carbocycles. The lowest BCUT2D eigenvalue weighted by molar-refractivity contribution is -0.138. The van der Waals surface area contributed by atoms with E-state index in [2.05, 4.69) is 31.1 Å². The Hall–Kier alpha value is -2.40. The van der Waals surface area contributed by atoms with E-state index < -0.39 is 5.97 Å². The van der Waals surface area contributed by atoms with E-state index in [-0.39, 0.29) is 12.4 Å². The summed E-state index contributed by atoms with van der Waals surface area (Å²) >= 11 is 4.60. The van der Waals surface area contributed by atoms with Gasteiger partial charge in [-0.25, -0.2) is 9.37 Å². The number of benzene rings is 1. The molecule has 0 saturated heterocycles. The summed E-state index contributed by atoms with van der Waals surface area (Å²) in [5, 5.41) is 15.9. The highest BCUT2D eigenvalue weighted by molar-refractivity contribution is 9.10. The van der Waals surface area contributed by atoms with E-state index in [1.807, 2.05) is 0 Å². The van der Waals surface area contributed by atoms with Crippen LogP contribution >= 0.6 is 27.3 Å². The Morgan fingerprint density at radius 2 is 2.15 bits per heavy atom. The molecular weight excluding hydrogens is 431 g/mol. The summed E-state index contributed by atoms with van der Waals surface area (Å²) in [6.07, 6.45) is 2.20. The van der Waals surface area contributed by atoms with Gasteiger partial charge in [-0.15, -0.1) is 5.10 Å². The Kier molecular flexibility index (Phi) is 5.89. The van der Waals surface area contributed by atoms with Gasteiger partial charge in [-0.05, 0) is 28.1 Å². The molecule has 0 aliphatic heterocycles. The Balaban J connectivity index is 1.41. The van der Waals surface area contributed by atoms with Gasteiger partial charge in [-0.1, -0.05) is 11.3 Å². The number of nitrogens with zero attached hydrogens (tertiary/aromatic N) is 3. The second-order valence-electron chi connectivity index (χ2n) is 5.13. The standard InChI is InChI=1S/C15H14BrFN4O4S/c16-10-3-2-9(17)6-11(10)24-4-1-5-25-15-18-7-12(26-15)14-19-21(20-14)8-13(22)23/h2-3,6-7H,1,4-5,8H2,(H,19,20)(H,22,23). The van der Waals surface area contributed by atoms with E-state index in [0.717, 1.165) is 4.88 Å². The summed E-state index contributed by atoms with van der Waals surface area (Å²) in [5.74, 6) is -0.329. The highest BCUT2D eigenvalue weighted by atomic mass is 79.9. The van der Waals surface area contributed by atoms with Crippen molar-refractivity contribution in [2.75, 3.05) is 13.2 Å². The first-order valence-corrected chi connectivity index (χ1v) is 9.13. The molecule has 0 aliphatic carbocycles. The Labute approximate surface area is 159 Å². The number of carboxylic acids is 1. The number of carboxylic acid groups (broad SMARTS) is 1. The number of hydrogen-bond acceptors (Lipinski definition) is 6. The van der Waals surface area contributed by atoms with Crippen LogP contribution in [0, 0.1) is 5.82 Å². The van der Waals surface area contributed by atoms with Crippen molar-refractivity contribution in [3.05, 3.63) is 34.7 Å². The fourth-order valence-electron chi connectivity index (χ4n) is 1.98. The van der Waals surface area contributed by atoms with Crippen molar-refractivity contribution in [3.8, 4) is 21.6 Å². The molecule has 2 heterocycles. The minimum Gasteiger partial charge on any atom is -0.492 e. The number of H-pyrrole nitrogens is 1. The SMILES string of the molecule is O=C(O)Cn1nc(-c2cnc(OCCCOc3cc(F)ccc3Br)s2)[nH]1. The van der Waals surface area contributed by atoms with E-state index in [1.165, 1.54) is 28.3 Å². The fourth-order valence-corrected chi connectivity index (χ4v) is 3.06. The maximum absolute atomic E-state index is 13.2. The van der Waals surface area contributed by atoms with Gasteiger partial charge in [0.15, 0.2) is 12.4 Å². The first-order valence-electron chi connectivity index (χ1n) is 7.53. The zero-order valence-corrected chi connectivity index (χ0v) is 15.7. The molecule has 0 fully saturated rings. The number of ether oxygens (including phenoxy) is 2. The van der Waals surface area contributed by atoms with Crippen LogP contribution in [0.1, 0.15) is 6.42 Å². The summed E-state index contributed by atoms with van der Waals surface area (Å²) in [5.41, 5.74) is 0. The Morgan fingerprint density at radius 3 is 2.92 bits per heavy atom. The van der Waals surface area contributed by atoms with E-state index in [9.17, 15) is 9.18 Å². The van der Waals surface area contributed by atoms with Crippen molar-refractivity contribution < 1.29 is 23.8 Å². The number of aliphatic carboxylic acids is 1. The predicted molar refractivity (Wildman–Crippen MR) is 95.0 cm³/mol. The predicted octanol–water partition coefficient (Wildman–Crippen LogP) is 3.17. The van der Waals surface area contributed by atoms with Crippen LogP contribution in [0.2, 0.25) is 0 Å². The zero-order chi connectivity index (χ0) is 18.5. The molecule has 3 aromatic rings. The topological polar surface area (TPSA) is 102 Å². The van der Waals surface area contributed by atoms with Gasteiger partial charge in [0, 0.05) is 12.5 Å². The average molecular weight is 445 g/mol. The van der Waals surface area contributed by atoms with Crippen molar-refractivity contribution in [2.45, 2.75) is 13.0 Å². The maximum atomic E-state index is 13.2. The van der Waals surface area contributed by atoms with Gasteiger partial charge in [0.05, 0.1) is 28.8 Å². The molecule has 3 rings (SSSR count). The van der Waals surface area contributed by atoms with Crippen LogP contribution in [0.3, 0.4) is 0 Å². The third-order valence-electron chi connectivity index (χ3n) is 3.12. The van der Waals surface area contributed by atoms with Crippen LogP contribution in [-0.2, 0) is 11.3 Å². The van der Waals surface area contributed by atoms with Crippen LogP contribution in [0.5, 0.6) is 10.9 Å². The van der Waals surface area contributed by atoms with Gasteiger partial charge < -0.3 is 14.6 Å². The van der Waals surface area contributed by atoms with E-state index in [4.69, 9.17) is 14.6 Å². The summed E-state index contributed by atoms with van der Waals surface area (Å²) in [4.78, 5) is 16.6. The molecule has 0 radical (unpaired) electrons. The minimum absolute atomic E-state index is 0.215. The molecule has 0 unspecified atom stereocenters. The van der Waals surface area contributed by atoms with Gasteiger partial charge in [-0.2, -0.15) is 4.80 Å². The average Bonchev–Trinajstić information content (AvgIpc) is 3.01. The highest BCUT2D eigenvalue weighted by Gasteiger charge is 2.13. The van der Waals surface area contributed by atoms with E-state index in [0.29, 0.717) is 40.9 Å². The van der Waals surface area contributed by atoms with Gasteiger partial charge in [0.1, 0.15) is 11.6 Å². The van der Waals surface area contributed by atoms with Crippen LogP contribution in [0.15, 0.2) is 28.9 Å². The number of halogens is 2. The first-order chi connectivity index (χ1) is 12.5. The quantitative estimate of drug-likeness (QED) is 0.491. The summed E-state index contributed by atoms with van der Waals surface area (Å²) in [6, 6.07) is 4.26. The third-order valence-corrected chi connectivity index (χ3v) is 4.70. The number of aromatic nitrogens is 4. The van der Waals surface area contributed by atoms with Crippen molar-refractivity contribution in [1.29, 1.82) is 0 Å². The molecule has 2 aromatic heterocycles. The molecule has 0 bridgehead atoms. The largest absolute Gasteiger partial charge is 0.492 e. The van der Waals surface area contributed by atoms with E-state index in [1.54, 1.807) is 12.3 Å². The Bertz CT molecular complexity index is 882. The number of rotatable bonds is 9. The number of aromatic amines is 1. The maximum Gasteiger partial charge on any atom is 0.327 e. The van der Waals surface area contributed by atoms with Crippen LogP contribution < -0.4 is 9.47 Å². The van der Waals surface area contributed by atoms with Crippen molar-refractivity contribution >= 4 is 33.2 Å². The zero-order valence-electron chi connectivity index (χ0n) is 13.3. The van der Waals surface area contributed by atoms with Gasteiger partial charge in [-0.3, -0.25) is 9.89 Å². The van der Waals surface area contributed by atoms with Crippen LogP contribution in [-0.4, -0.2) is 44.3 Å². The minimum atomic E-state index is -0.971. The van der Waals surface area contributed by atoms with Crippen molar-refractivity contribution in [1.82, 2.24) is 20.0 Å². The Morgan fingerprint density at radius 1 is 1.38 bits per heavy atom. The number of carbonyl (C=O) groups is 1. The monoisotopic (exact) mass is 444 g/mol. The molecule has 26 heavy (non-hydrogen) atoms. The summed E-state index contributed by atoms with van der Waals surface area (Å²) < 4.78 is 24.9. The van der Waals surface area contributed by atoms with Gasteiger partial charge in [0.2, 0.25) is 0 Å². The molecule has 0 amide bonds. The van der Waals surface area contributed by atoms with E-state index >= 15 is 0 Å². The lowest BCUT2D eigenvalue weighted by Crippen LogP contribution is -2.21. The van der Waals surface area contributed by atoms with Crippen LogP contribution in [0.4, 0.5) is 4.39 Å². The highest BCUT2D eigenvalue weighted by Crippen LogP contribution is 2.28. The number of hydrogen-bond donors (Lipinski definition) is 2. The molecule has 0 aliphatic rings. The molecule has 11 heteroatoms. The molecule has 0 atom stereocenters.